The number of alkyl halides is 3. The predicted octanol–water partition coefficient (Wildman–Crippen LogP) is 1.66. The van der Waals surface area contributed by atoms with E-state index < -0.39 is 23.5 Å². The van der Waals surface area contributed by atoms with Gasteiger partial charge in [0.15, 0.2) is 5.69 Å². The maximum Gasteiger partial charge on any atom is 0.435 e. The highest BCUT2D eigenvalue weighted by Gasteiger charge is 2.57. The Morgan fingerprint density at radius 1 is 1.17 bits per heavy atom. The lowest BCUT2D eigenvalue weighted by molar-refractivity contribution is -0.141. The number of likely N-dealkylation sites (tertiary alicyclic amines) is 2. The van der Waals surface area contributed by atoms with Crippen LogP contribution in [0.1, 0.15) is 24.2 Å². The van der Waals surface area contributed by atoms with Gasteiger partial charge >= 0.3 is 18.3 Å². The van der Waals surface area contributed by atoms with Crippen molar-refractivity contribution in [1.29, 1.82) is 0 Å². The van der Waals surface area contributed by atoms with Crippen molar-refractivity contribution in [2.45, 2.75) is 31.0 Å². The SMILES string of the molecule is O=C1NC2(CO1)CN(C(=O)N1CC3(CC(Cc4ccc(C(F)(F)F)nn4)C3)C1)C2. The molecule has 0 atom stereocenters. The number of cyclic esters (lactones) is 1. The number of alkyl carbamates (subject to hydrolysis) is 1. The third-order valence-electron chi connectivity index (χ3n) is 6.38. The van der Waals surface area contributed by atoms with Crippen molar-refractivity contribution in [2.75, 3.05) is 32.8 Å². The van der Waals surface area contributed by atoms with Gasteiger partial charge in [-0.2, -0.15) is 18.3 Å². The molecule has 0 aromatic carbocycles. The molecule has 0 radical (unpaired) electrons. The maximum atomic E-state index is 12.5. The van der Waals surface area contributed by atoms with E-state index in [2.05, 4.69) is 15.5 Å². The van der Waals surface area contributed by atoms with E-state index in [1.54, 1.807) is 4.90 Å². The molecule has 1 aliphatic carbocycles. The molecule has 1 saturated carbocycles. The van der Waals surface area contributed by atoms with Crippen molar-refractivity contribution in [3.63, 3.8) is 0 Å². The van der Waals surface area contributed by atoms with Gasteiger partial charge in [0.05, 0.1) is 18.8 Å². The average molecular weight is 411 g/mol. The molecule has 1 aromatic rings. The molecular formula is C18H20F3N5O3. The number of halogens is 3. The molecule has 4 fully saturated rings. The number of hydrogen-bond acceptors (Lipinski definition) is 5. The van der Waals surface area contributed by atoms with Gasteiger partial charge in [0.25, 0.3) is 0 Å². The largest absolute Gasteiger partial charge is 0.447 e. The van der Waals surface area contributed by atoms with Crippen molar-refractivity contribution in [3.8, 4) is 0 Å². The number of hydrogen-bond donors (Lipinski definition) is 1. The summed E-state index contributed by atoms with van der Waals surface area (Å²) in [5.41, 5.74) is -0.695. The smallest absolute Gasteiger partial charge is 0.435 e. The van der Waals surface area contributed by atoms with Crippen LogP contribution in [0.15, 0.2) is 12.1 Å². The standard InChI is InChI=1S/C18H20F3N5O3/c19-18(20,21)13-2-1-12(23-24-13)3-11-4-16(5-11)6-25(7-16)15(28)26-8-17(9-26)10-29-14(27)22-17/h1-2,11H,3-10H2,(H,22,27). The fraction of sp³-hybridized carbons (Fsp3) is 0.667. The lowest BCUT2D eigenvalue weighted by Gasteiger charge is -2.60. The summed E-state index contributed by atoms with van der Waals surface area (Å²) in [5, 5.41) is 9.73. The Morgan fingerprint density at radius 3 is 2.41 bits per heavy atom. The van der Waals surface area contributed by atoms with Crippen LogP contribution in [0, 0.1) is 11.3 Å². The van der Waals surface area contributed by atoms with E-state index in [9.17, 15) is 22.8 Å². The second kappa shape index (κ2) is 5.96. The fourth-order valence-electron chi connectivity index (χ4n) is 5.06. The van der Waals surface area contributed by atoms with E-state index in [1.807, 2.05) is 4.90 Å². The first-order valence-corrected chi connectivity index (χ1v) is 9.54. The average Bonchev–Trinajstić information content (AvgIpc) is 2.96. The van der Waals surface area contributed by atoms with Crippen LogP contribution in [0.3, 0.4) is 0 Å². The number of nitrogens with one attached hydrogen (secondary N) is 1. The molecule has 11 heteroatoms. The van der Waals surface area contributed by atoms with Crippen LogP contribution >= 0.6 is 0 Å². The van der Waals surface area contributed by atoms with Crippen molar-refractivity contribution < 1.29 is 27.5 Å². The van der Waals surface area contributed by atoms with Crippen LogP contribution < -0.4 is 5.32 Å². The number of amides is 3. The van der Waals surface area contributed by atoms with Gasteiger partial charge in [0.2, 0.25) is 0 Å². The number of aromatic nitrogens is 2. The first kappa shape index (κ1) is 18.4. The second-order valence-electron chi connectivity index (χ2n) is 8.86. The predicted molar refractivity (Wildman–Crippen MR) is 91.7 cm³/mol. The summed E-state index contributed by atoms with van der Waals surface area (Å²) in [4.78, 5) is 27.2. The van der Waals surface area contributed by atoms with Crippen LogP contribution in [0.4, 0.5) is 22.8 Å². The van der Waals surface area contributed by atoms with Crippen molar-refractivity contribution in [2.24, 2.45) is 11.3 Å². The van der Waals surface area contributed by atoms with Gasteiger partial charge in [0.1, 0.15) is 12.1 Å². The lowest BCUT2D eigenvalue weighted by atomic mass is 9.57. The first-order chi connectivity index (χ1) is 13.7. The first-order valence-electron chi connectivity index (χ1n) is 9.54. The topological polar surface area (TPSA) is 87.7 Å². The molecule has 3 aliphatic heterocycles. The Labute approximate surface area is 164 Å². The van der Waals surface area contributed by atoms with E-state index in [-0.39, 0.29) is 11.4 Å². The Morgan fingerprint density at radius 2 is 1.86 bits per heavy atom. The summed E-state index contributed by atoms with van der Waals surface area (Å²) < 4.78 is 42.5. The summed E-state index contributed by atoms with van der Waals surface area (Å²) in [6, 6.07) is 2.35. The number of carbonyl (C=O) groups is 2. The molecule has 156 valence electrons. The van der Waals surface area contributed by atoms with Crippen molar-refractivity contribution >= 4 is 12.1 Å². The quantitative estimate of drug-likeness (QED) is 0.800. The summed E-state index contributed by atoms with van der Waals surface area (Å²) >= 11 is 0. The second-order valence-corrected chi connectivity index (χ2v) is 8.86. The molecular weight excluding hydrogens is 391 g/mol. The van der Waals surface area contributed by atoms with E-state index in [0.717, 1.165) is 18.9 Å². The normalized spacial score (nSPS) is 24.6. The Balaban J connectivity index is 1.06. The third kappa shape index (κ3) is 3.16. The van der Waals surface area contributed by atoms with Crippen molar-refractivity contribution in [1.82, 2.24) is 25.3 Å². The molecule has 3 saturated heterocycles. The highest BCUT2D eigenvalue weighted by molar-refractivity contribution is 5.78. The van der Waals surface area contributed by atoms with E-state index >= 15 is 0 Å². The number of urea groups is 1. The highest BCUT2D eigenvalue weighted by Crippen LogP contribution is 2.53. The molecule has 0 unspecified atom stereocenters. The molecule has 29 heavy (non-hydrogen) atoms. The molecule has 8 nitrogen and oxygen atoms in total. The summed E-state index contributed by atoms with van der Waals surface area (Å²) in [7, 11) is 0. The maximum absolute atomic E-state index is 12.5. The van der Waals surface area contributed by atoms with Crippen LogP contribution in [-0.4, -0.2) is 70.4 Å². The summed E-state index contributed by atoms with van der Waals surface area (Å²) in [6.45, 7) is 2.64. The Hall–Kier alpha value is -2.59. The number of rotatable bonds is 2. The van der Waals surface area contributed by atoms with Crippen molar-refractivity contribution in [3.05, 3.63) is 23.5 Å². The molecule has 5 rings (SSSR count). The third-order valence-corrected chi connectivity index (χ3v) is 6.38. The molecule has 4 heterocycles. The van der Waals surface area contributed by atoms with Crippen LogP contribution in [0.2, 0.25) is 0 Å². The Bertz CT molecular complexity index is 839. The molecule has 3 amide bonds. The summed E-state index contributed by atoms with van der Waals surface area (Å²) in [5.74, 6) is 0.358. The summed E-state index contributed by atoms with van der Waals surface area (Å²) in [6.07, 6.45) is -2.42. The van der Waals surface area contributed by atoms with Gasteiger partial charge in [-0.1, -0.05) is 0 Å². The lowest BCUT2D eigenvalue weighted by Crippen LogP contribution is -2.74. The van der Waals surface area contributed by atoms with Gasteiger partial charge in [-0.05, 0) is 37.3 Å². The van der Waals surface area contributed by atoms with Gasteiger partial charge in [-0.3, -0.25) is 0 Å². The zero-order valence-electron chi connectivity index (χ0n) is 15.5. The monoisotopic (exact) mass is 411 g/mol. The van der Waals surface area contributed by atoms with Crippen LogP contribution in [0.5, 0.6) is 0 Å². The molecule has 4 aliphatic rings. The highest BCUT2D eigenvalue weighted by atomic mass is 19.4. The molecule has 1 aromatic heterocycles. The van der Waals surface area contributed by atoms with Crippen LogP contribution in [-0.2, 0) is 17.3 Å². The minimum atomic E-state index is -4.47. The van der Waals surface area contributed by atoms with Gasteiger partial charge in [-0.25, -0.2) is 9.59 Å². The van der Waals surface area contributed by atoms with Gasteiger partial charge in [0, 0.05) is 18.5 Å². The molecule has 0 bridgehead atoms. The number of carbonyl (C=O) groups excluding carboxylic acids is 2. The molecule has 1 N–H and O–H groups in total. The minimum Gasteiger partial charge on any atom is -0.447 e. The van der Waals surface area contributed by atoms with Crippen LogP contribution in [0.25, 0.3) is 0 Å². The zero-order chi connectivity index (χ0) is 20.4. The molecule has 2 spiro atoms. The minimum absolute atomic E-state index is 0.0144. The number of ether oxygens (including phenoxy) is 1. The van der Waals surface area contributed by atoms with Gasteiger partial charge in [-0.15, -0.1) is 5.10 Å². The van der Waals surface area contributed by atoms with E-state index in [1.165, 1.54) is 6.07 Å². The number of nitrogens with zero attached hydrogens (tertiary/aromatic N) is 4. The van der Waals surface area contributed by atoms with E-state index in [4.69, 9.17) is 4.74 Å². The van der Waals surface area contributed by atoms with E-state index in [0.29, 0.717) is 50.8 Å². The Kier molecular flexibility index (Phi) is 3.79. The zero-order valence-corrected chi connectivity index (χ0v) is 15.5. The fourth-order valence-corrected chi connectivity index (χ4v) is 5.06. The van der Waals surface area contributed by atoms with Gasteiger partial charge < -0.3 is 19.9 Å².